The second-order valence-electron chi connectivity index (χ2n) is 4.07. The summed E-state index contributed by atoms with van der Waals surface area (Å²) >= 11 is 0. The Kier molecular flexibility index (Phi) is 6.49. The van der Waals surface area contributed by atoms with Crippen LogP contribution in [-0.2, 0) is 14.3 Å². The molecule has 0 saturated carbocycles. The first-order valence-corrected chi connectivity index (χ1v) is 6.38. The number of rotatable bonds is 7. The fraction of sp³-hybridized carbons (Fsp3) is 0.429. The molecule has 0 aliphatic rings. The van der Waals surface area contributed by atoms with Crippen molar-refractivity contribution in [2.45, 2.75) is 26.3 Å². The zero-order chi connectivity index (χ0) is 15.0. The number of halogens is 1. The highest BCUT2D eigenvalue weighted by molar-refractivity contribution is 5.84. The quantitative estimate of drug-likeness (QED) is 0.773. The summed E-state index contributed by atoms with van der Waals surface area (Å²) in [7, 11) is 0. The molecular formula is C14H18FNO4. The molecule has 1 atom stereocenters. The molecule has 0 aliphatic carbocycles. The van der Waals surface area contributed by atoms with Crippen LogP contribution in [0.2, 0.25) is 0 Å². The second kappa shape index (κ2) is 8.14. The van der Waals surface area contributed by atoms with Crippen LogP contribution in [0.15, 0.2) is 24.3 Å². The summed E-state index contributed by atoms with van der Waals surface area (Å²) in [6.45, 7) is 3.51. The molecule has 1 aromatic rings. The molecule has 0 saturated heterocycles. The van der Waals surface area contributed by atoms with E-state index in [1.807, 2.05) is 0 Å². The van der Waals surface area contributed by atoms with Crippen LogP contribution in [0.1, 0.15) is 20.3 Å². The minimum Gasteiger partial charge on any atom is -0.490 e. The van der Waals surface area contributed by atoms with Crippen LogP contribution in [0, 0.1) is 5.82 Å². The molecule has 110 valence electrons. The first-order chi connectivity index (χ1) is 9.54. The van der Waals surface area contributed by atoms with E-state index in [1.54, 1.807) is 19.1 Å². The lowest BCUT2D eigenvalue weighted by atomic mass is 10.3. The van der Waals surface area contributed by atoms with Gasteiger partial charge in [0.2, 0.25) is 5.91 Å². The van der Waals surface area contributed by atoms with E-state index in [1.165, 1.54) is 19.1 Å². The van der Waals surface area contributed by atoms with E-state index in [0.29, 0.717) is 0 Å². The largest absolute Gasteiger partial charge is 0.490 e. The summed E-state index contributed by atoms with van der Waals surface area (Å²) < 4.78 is 23.1. The molecule has 0 aromatic heterocycles. The second-order valence-corrected chi connectivity index (χ2v) is 4.07. The number of benzene rings is 1. The standard InChI is InChI=1S/C14H18FNO4/c1-3-19-14(18)10(2)16-13(17)8-9-20-12-7-5-4-6-11(12)15/h4-7,10H,3,8-9H2,1-2H3,(H,16,17). The van der Waals surface area contributed by atoms with Crippen molar-refractivity contribution in [1.29, 1.82) is 0 Å². The molecule has 1 aromatic carbocycles. The van der Waals surface area contributed by atoms with Crippen LogP contribution in [0.25, 0.3) is 0 Å². The van der Waals surface area contributed by atoms with E-state index in [4.69, 9.17) is 9.47 Å². The monoisotopic (exact) mass is 283 g/mol. The number of esters is 1. The summed E-state index contributed by atoms with van der Waals surface area (Å²) in [4.78, 5) is 22.8. The summed E-state index contributed by atoms with van der Waals surface area (Å²) in [6.07, 6.45) is 0.0259. The normalized spacial score (nSPS) is 11.6. The van der Waals surface area contributed by atoms with Crippen molar-refractivity contribution < 1.29 is 23.5 Å². The molecule has 1 unspecified atom stereocenters. The van der Waals surface area contributed by atoms with Gasteiger partial charge >= 0.3 is 5.97 Å². The van der Waals surface area contributed by atoms with Gasteiger partial charge in [0, 0.05) is 0 Å². The summed E-state index contributed by atoms with van der Waals surface area (Å²) in [5.74, 6) is -1.23. The topological polar surface area (TPSA) is 64.6 Å². The first-order valence-electron chi connectivity index (χ1n) is 6.38. The van der Waals surface area contributed by atoms with Crippen LogP contribution < -0.4 is 10.1 Å². The van der Waals surface area contributed by atoms with Gasteiger partial charge in [-0.05, 0) is 26.0 Å². The predicted octanol–water partition coefficient (Wildman–Crippen LogP) is 1.66. The molecule has 1 N–H and O–H groups in total. The number of ether oxygens (including phenoxy) is 2. The van der Waals surface area contributed by atoms with Gasteiger partial charge in [-0.1, -0.05) is 12.1 Å². The van der Waals surface area contributed by atoms with Crippen molar-refractivity contribution in [2.24, 2.45) is 0 Å². The zero-order valence-corrected chi connectivity index (χ0v) is 11.5. The van der Waals surface area contributed by atoms with Gasteiger partial charge in [0.1, 0.15) is 6.04 Å². The van der Waals surface area contributed by atoms with E-state index < -0.39 is 17.8 Å². The molecule has 0 fully saturated rings. The smallest absolute Gasteiger partial charge is 0.328 e. The zero-order valence-electron chi connectivity index (χ0n) is 11.5. The summed E-state index contributed by atoms with van der Waals surface area (Å²) in [5.41, 5.74) is 0. The van der Waals surface area contributed by atoms with Gasteiger partial charge in [-0.3, -0.25) is 4.79 Å². The summed E-state index contributed by atoms with van der Waals surface area (Å²) in [5, 5.41) is 2.48. The molecule has 0 aliphatic heterocycles. The Morgan fingerprint density at radius 3 is 2.70 bits per heavy atom. The highest BCUT2D eigenvalue weighted by Crippen LogP contribution is 2.15. The van der Waals surface area contributed by atoms with Crippen LogP contribution in [-0.4, -0.2) is 31.1 Å². The number of amides is 1. The Balaban J connectivity index is 2.30. The van der Waals surface area contributed by atoms with Gasteiger partial charge in [0.25, 0.3) is 0 Å². The van der Waals surface area contributed by atoms with E-state index in [2.05, 4.69) is 5.32 Å². The van der Waals surface area contributed by atoms with E-state index in [9.17, 15) is 14.0 Å². The first kappa shape index (κ1) is 15.9. The third-order valence-corrected chi connectivity index (χ3v) is 2.44. The van der Waals surface area contributed by atoms with Gasteiger partial charge in [0.05, 0.1) is 19.6 Å². The lowest BCUT2D eigenvalue weighted by molar-refractivity contribution is -0.146. The number of para-hydroxylation sites is 1. The molecular weight excluding hydrogens is 265 g/mol. The van der Waals surface area contributed by atoms with Crippen LogP contribution in [0.4, 0.5) is 4.39 Å². The molecule has 0 radical (unpaired) electrons. The fourth-order valence-corrected chi connectivity index (χ4v) is 1.46. The SMILES string of the molecule is CCOC(=O)C(C)NC(=O)CCOc1ccccc1F. The average molecular weight is 283 g/mol. The number of carbonyl (C=O) groups is 2. The maximum Gasteiger partial charge on any atom is 0.328 e. The molecule has 0 heterocycles. The summed E-state index contributed by atoms with van der Waals surface area (Å²) in [6, 6.07) is 5.24. The Morgan fingerprint density at radius 2 is 2.05 bits per heavy atom. The third-order valence-electron chi connectivity index (χ3n) is 2.44. The molecule has 1 rings (SSSR count). The number of hydrogen-bond acceptors (Lipinski definition) is 4. The van der Waals surface area contributed by atoms with Gasteiger partial charge in [-0.15, -0.1) is 0 Å². The van der Waals surface area contributed by atoms with Crippen LogP contribution in [0.3, 0.4) is 0 Å². The Hall–Kier alpha value is -2.11. The van der Waals surface area contributed by atoms with Crippen molar-refractivity contribution in [3.05, 3.63) is 30.1 Å². The maximum atomic E-state index is 13.2. The van der Waals surface area contributed by atoms with Gasteiger partial charge < -0.3 is 14.8 Å². The van der Waals surface area contributed by atoms with Crippen molar-refractivity contribution >= 4 is 11.9 Å². The predicted molar refractivity (Wildman–Crippen MR) is 70.7 cm³/mol. The number of carbonyl (C=O) groups excluding carboxylic acids is 2. The van der Waals surface area contributed by atoms with E-state index in [0.717, 1.165) is 0 Å². The lowest BCUT2D eigenvalue weighted by Gasteiger charge is -2.12. The Morgan fingerprint density at radius 1 is 1.35 bits per heavy atom. The highest BCUT2D eigenvalue weighted by Gasteiger charge is 2.16. The van der Waals surface area contributed by atoms with Crippen molar-refractivity contribution in [1.82, 2.24) is 5.32 Å². The maximum absolute atomic E-state index is 13.2. The van der Waals surface area contributed by atoms with Gasteiger partial charge in [0.15, 0.2) is 11.6 Å². The van der Waals surface area contributed by atoms with Gasteiger partial charge in [-0.25, -0.2) is 9.18 Å². The minimum absolute atomic E-state index is 0.0259. The Labute approximate surface area is 117 Å². The average Bonchev–Trinajstić information content (AvgIpc) is 2.41. The van der Waals surface area contributed by atoms with E-state index >= 15 is 0 Å². The number of nitrogens with one attached hydrogen (secondary N) is 1. The third kappa shape index (κ3) is 5.26. The van der Waals surface area contributed by atoms with Gasteiger partial charge in [-0.2, -0.15) is 0 Å². The minimum atomic E-state index is -0.712. The van der Waals surface area contributed by atoms with Crippen LogP contribution >= 0.6 is 0 Å². The molecule has 6 heteroatoms. The molecule has 5 nitrogen and oxygen atoms in total. The highest BCUT2D eigenvalue weighted by atomic mass is 19.1. The van der Waals surface area contributed by atoms with Crippen LogP contribution in [0.5, 0.6) is 5.75 Å². The van der Waals surface area contributed by atoms with Crippen molar-refractivity contribution in [3.63, 3.8) is 0 Å². The van der Waals surface area contributed by atoms with Crippen molar-refractivity contribution in [2.75, 3.05) is 13.2 Å². The molecule has 1 amide bonds. The molecule has 0 spiro atoms. The number of hydrogen-bond donors (Lipinski definition) is 1. The lowest BCUT2D eigenvalue weighted by Crippen LogP contribution is -2.40. The fourth-order valence-electron chi connectivity index (χ4n) is 1.46. The molecule has 20 heavy (non-hydrogen) atoms. The van der Waals surface area contributed by atoms with Crippen molar-refractivity contribution in [3.8, 4) is 5.75 Å². The molecule has 0 bridgehead atoms. The van der Waals surface area contributed by atoms with E-state index in [-0.39, 0.29) is 31.3 Å². The Bertz CT molecular complexity index is 464.